The Kier molecular flexibility index (Phi) is 6.94. The van der Waals surface area contributed by atoms with E-state index in [9.17, 15) is 4.79 Å². The molecule has 1 amide bonds. The maximum atomic E-state index is 12.1. The van der Waals surface area contributed by atoms with Crippen molar-refractivity contribution >= 4 is 32.9 Å². The van der Waals surface area contributed by atoms with Crippen molar-refractivity contribution in [3.8, 4) is 0 Å². The summed E-state index contributed by atoms with van der Waals surface area (Å²) in [7, 11) is 1.82. The average molecular weight is 464 g/mol. The molecule has 1 saturated heterocycles. The number of hydrogen-bond acceptors (Lipinski definition) is 3. The fourth-order valence-electron chi connectivity index (χ4n) is 4.04. The monoisotopic (exact) mass is 463 g/mol. The third kappa shape index (κ3) is 5.54. The van der Waals surface area contributed by atoms with Gasteiger partial charge >= 0.3 is 6.09 Å². The third-order valence-electron chi connectivity index (χ3n) is 5.75. The molecule has 160 valence electrons. The molecule has 29 heavy (non-hydrogen) atoms. The molecule has 0 aliphatic carbocycles. The molecule has 2 heterocycles. The molecule has 3 rings (SSSR count). The molecular weight excluding hydrogens is 430 g/mol. The number of rotatable bonds is 5. The highest BCUT2D eigenvalue weighted by Crippen LogP contribution is 2.33. The molecular formula is C23H34BrN3O2. The summed E-state index contributed by atoms with van der Waals surface area (Å²) in [6.45, 7) is 11.6. The van der Waals surface area contributed by atoms with Gasteiger partial charge in [0.25, 0.3) is 0 Å². The van der Waals surface area contributed by atoms with Gasteiger partial charge in [-0.2, -0.15) is 0 Å². The first-order chi connectivity index (χ1) is 13.7. The van der Waals surface area contributed by atoms with Crippen LogP contribution in [0.15, 0.2) is 22.8 Å². The van der Waals surface area contributed by atoms with Crippen LogP contribution in [0.1, 0.15) is 57.6 Å². The summed E-state index contributed by atoms with van der Waals surface area (Å²) in [5.74, 6) is 0.609. The summed E-state index contributed by atoms with van der Waals surface area (Å²) >= 11 is 3.65. The van der Waals surface area contributed by atoms with Crippen LogP contribution in [-0.2, 0) is 11.2 Å². The zero-order chi connectivity index (χ0) is 21.2. The van der Waals surface area contributed by atoms with Crippen LogP contribution in [0.25, 0.3) is 10.9 Å². The molecule has 1 aromatic heterocycles. The molecule has 0 atom stereocenters. The number of likely N-dealkylation sites (tertiary alicyclic amines) is 1. The van der Waals surface area contributed by atoms with Crippen molar-refractivity contribution in [3.63, 3.8) is 0 Å². The molecule has 0 saturated carbocycles. The number of ether oxygens (including phenoxy) is 1. The van der Waals surface area contributed by atoms with E-state index in [1.807, 2.05) is 27.8 Å². The van der Waals surface area contributed by atoms with Gasteiger partial charge in [0.05, 0.1) is 4.60 Å². The number of amides is 1. The predicted molar refractivity (Wildman–Crippen MR) is 123 cm³/mol. The lowest BCUT2D eigenvalue weighted by molar-refractivity contribution is 0.0278. The van der Waals surface area contributed by atoms with Crippen LogP contribution in [0.3, 0.4) is 0 Å². The predicted octanol–water partition coefficient (Wildman–Crippen LogP) is 5.54. The topological polar surface area (TPSA) is 48.6 Å². The molecule has 0 radical (unpaired) electrons. The van der Waals surface area contributed by atoms with Gasteiger partial charge in [0, 0.05) is 31.0 Å². The van der Waals surface area contributed by atoms with E-state index in [2.05, 4.69) is 50.9 Å². The molecule has 5 nitrogen and oxygen atoms in total. The molecule has 1 aromatic carbocycles. The lowest BCUT2D eigenvalue weighted by Crippen LogP contribution is -2.41. The van der Waals surface area contributed by atoms with Crippen molar-refractivity contribution in [2.45, 2.75) is 58.5 Å². The van der Waals surface area contributed by atoms with Gasteiger partial charge < -0.3 is 19.5 Å². The first-order valence-corrected chi connectivity index (χ1v) is 11.4. The van der Waals surface area contributed by atoms with E-state index in [0.717, 1.165) is 43.5 Å². The van der Waals surface area contributed by atoms with E-state index in [-0.39, 0.29) is 6.09 Å². The zero-order valence-corrected chi connectivity index (χ0v) is 19.9. The number of halogens is 1. The van der Waals surface area contributed by atoms with E-state index < -0.39 is 5.60 Å². The number of carbonyl (C=O) groups excluding carboxylic acids is 1. The van der Waals surface area contributed by atoms with Crippen LogP contribution < -0.4 is 0 Å². The maximum absolute atomic E-state index is 12.1. The van der Waals surface area contributed by atoms with E-state index in [4.69, 9.17) is 4.74 Å². The minimum absolute atomic E-state index is 0.245. The van der Waals surface area contributed by atoms with Gasteiger partial charge in [-0.3, -0.25) is 0 Å². The van der Waals surface area contributed by atoms with Crippen LogP contribution in [0, 0.1) is 0 Å². The van der Waals surface area contributed by atoms with Gasteiger partial charge in [0.15, 0.2) is 0 Å². The fourth-order valence-corrected chi connectivity index (χ4v) is 4.75. The molecule has 2 aromatic rings. The van der Waals surface area contributed by atoms with E-state index in [1.54, 1.807) is 4.90 Å². The number of carbonyl (C=O) groups is 1. The Balaban J connectivity index is 1.53. The second-order valence-corrected chi connectivity index (χ2v) is 9.89. The molecule has 1 fully saturated rings. The summed E-state index contributed by atoms with van der Waals surface area (Å²) in [5, 5.41) is 1.35. The minimum atomic E-state index is -0.447. The average Bonchev–Trinajstić information content (AvgIpc) is 2.99. The van der Waals surface area contributed by atoms with Gasteiger partial charge in [-0.1, -0.05) is 13.0 Å². The number of fused-ring (bicyclic) bond motifs is 1. The largest absolute Gasteiger partial charge is 0.444 e. The Morgan fingerprint density at radius 3 is 2.62 bits per heavy atom. The number of benzene rings is 1. The molecule has 0 unspecified atom stereocenters. The number of H-pyrrole nitrogens is 1. The van der Waals surface area contributed by atoms with Gasteiger partial charge in [0.1, 0.15) is 5.60 Å². The molecule has 6 heteroatoms. The van der Waals surface area contributed by atoms with Crippen LogP contribution in [-0.4, -0.2) is 59.7 Å². The highest BCUT2D eigenvalue weighted by molar-refractivity contribution is 9.10. The summed E-state index contributed by atoms with van der Waals surface area (Å²) in [6.07, 6.45) is 3.10. The van der Waals surface area contributed by atoms with Crippen LogP contribution in [0.2, 0.25) is 0 Å². The highest BCUT2D eigenvalue weighted by atomic mass is 79.9. The van der Waals surface area contributed by atoms with Gasteiger partial charge in [-0.05, 0) is 98.2 Å². The molecule has 0 bridgehead atoms. The number of nitrogens with zero attached hydrogens (tertiary/aromatic N) is 2. The highest BCUT2D eigenvalue weighted by Gasteiger charge is 2.23. The van der Waals surface area contributed by atoms with Crippen molar-refractivity contribution in [2.75, 3.05) is 33.2 Å². The van der Waals surface area contributed by atoms with Crippen LogP contribution in [0.5, 0.6) is 0 Å². The zero-order valence-electron chi connectivity index (χ0n) is 18.3. The number of aromatic amines is 1. The summed E-state index contributed by atoms with van der Waals surface area (Å²) in [6, 6.07) is 6.88. The van der Waals surface area contributed by atoms with Crippen molar-refractivity contribution in [1.29, 1.82) is 0 Å². The number of aryl methyl sites for hydroxylation is 1. The second-order valence-electron chi connectivity index (χ2n) is 9.09. The molecule has 1 aliphatic rings. The number of likely N-dealkylation sites (N-methyl/N-ethyl adjacent to an activating group) is 1. The maximum Gasteiger partial charge on any atom is 0.410 e. The minimum Gasteiger partial charge on any atom is -0.444 e. The Morgan fingerprint density at radius 2 is 2.00 bits per heavy atom. The smallest absolute Gasteiger partial charge is 0.410 e. The number of hydrogen-bond donors (Lipinski definition) is 1. The Morgan fingerprint density at radius 1 is 1.31 bits per heavy atom. The van der Waals surface area contributed by atoms with Gasteiger partial charge in [-0.15, -0.1) is 0 Å². The lowest BCUT2D eigenvalue weighted by atomic mass is 9.88. The summed E-state index contributed by atoms with van der Waals surface area (Å²) < 4.78 is 6.54. The molecule has 1 aliphatic heterocycles. The first kappa shape index (κ1) is 22.2. The Bertz CT molecular complexity index is 848. The second kappa shape index (κ2) is 9.09. The van der Waals surface area contributed by atoms with Crippen molar-refractivity contribution in [3.05, 3.63) is 33.9 Å². The number of nitrogens with one attached hydrogen (secondary N) is 1. The normalized spacial score (nSPS) is 16.3. The van der Waals surface area contributed by atoms with Crippen molar-refractivity contribution < 1.29 is 9.53 Å². The Labute approximate surface area is 182 Å². The van der Waals surface area contributed by atoms with Crippen molar-refractivity contribution in [2.24, 2.45) is 0 Å². The van der Waals surface area contributed by atoms with Gasteiger partial charge in [0.2, 0.25) is 0 Å². The quantitative estimate of drug-likeness (QED) is 0.632. The van der Waals surface area contributed by atoms with E-state index >= 15 is 0 Å². The van der Waals surface area contributed by atoms with Crippen molar-refractivity contribution in [1.82, 2.24) is 14.8 Å². The van der Waals surface area contributed by atoms with E-state index in [1.165, 1.54) is 22.0 Å². The van der Waals surface area contributed by atoms with Gasteiger partial charge in [-0.25, -0.2) is 4.79 Å². The van der Waals surface area contributed by atoms with Crippen LogP contribution in [0.4, 0.5) is 4.79 Å². The molecule has 1 N–H and O–H groups in total. The first-order valence-electron chi connectivity index (χ1n) is 10.6. The molecule has 0 spiro atoms. The Hall–Kier alpha value is -1.53. The number of piperidine rings is 1. The van der Waals surface area contributed by atoms with E-state index in [0.29, 0.717) is 12.5 Å². The third-order valence-corrected chi connectivity index (χ3v) is 6.42. The summed E-state index contributed by atoms with van der Waals surface area (Å²) in [5.41, 5.74) is 3.58. The fraction of sp³-hybridized carbons (Fsp3) is 0.609. The standard InChI is InChI=1S/C23H34BrN3O2/c1-6-18-19-15-17(7-8-20(19)25-21(18)24)16-9-11-27(12-10-16)14-13-26(5)22(28)29-23(2,3)4/h7-8,15-16,25H,6,9-14H2,1-5H3. The number of aromatic nitrogens is 1. The lowest BCUT2D eigenvalue weighted by Gasteiger charge is -2.33. The van der Waals surface area contributed by atoms with Crippen LogP contribution >= 0.6 is 15.9 Å². The summed E-state index contributed by atoms with van der Waals surface area (Å²) in [4.78, 5) is 19.7. The SMILES string of the molecule is CCc1c(Br)[nH]c2ccc(C3CCN(CCN(C)C(=O)OC(C)(C)C)CC3)cc12.